The van der Waals surface area contributed by atoms with Gasteiger partial charge in [0.15, 0.2) is 0 Å². The maximum Gasteiger partial charge on any atom is 0.408 e. The van der Waals surface area contributed by atoms with Gasteiger partial charge >= 0.3 is 12.1 Å². The summed E-state index contributed by atoms with van der Waals surface area (Å²) in [6.07, 6.45) is -0.785. The lowest BCUT2D eigenvalue weighted by Crippen LogP contribution is -2.53. The Bertz CT molecular complexity index is 648. The van der Waals surface area contributed by atoms with Gasteiger partial charge in [-0.15, -0.1) is 0 Å². The van der Waals surface area contributed by atoms with Crippen LogP contribution in [0.2, 0.25) is 0 Å². The van der Waals surface area contributed by atoms with E-state index in [1.165, 1.54) is 6.92 Å². The number of alkyl carbamates (subject to hydrolysis) is 1. The molecule has 0 spiro atoms. The summed E-state index contributed by atoms with van der Waals surface area (Å²) in [5.74, 6) is -1.68. The van der Waals surface area contributed by atoms with E-state index in [0.717, 1.165) is 12.7 Å². The van der Waals surface area contributed by atoms with Crippen molar-refractivity contribution in [2.75, 3.05) is 13.7 Å². The molecular formula is C18H24N2O7. The molecule has 0 aromatic heterocycles. The third kappa shape index (κ3) is 8.32. The summed E-state index contributed by atoms with van der Waals surface area (Å²) in [4.78, 5) is 46.9. The van der Waals surface area contributed by atoms with Crippen LogP contribution < -0.4 is 10.6 Å². The van der Waals surface area contributed by atoms with E-state index in [1.807, 2.05) is 6.07 Å². The normalized spacial score (nSPS) is 12.4. The van der Waals surface area contributed by atoms with Crippen molar-refractivity contribution in [1.82, 2.24) is 10.6 Å². The lowest BCUT2D eigenvalue weighted by molar-refractivity contribution is -0.145. The van der Waals surface area contributed by atoms with Crippen molar-refractivity contribution in [3.8, 4) is 0 Å². The number of rotatable bonds is 10. The van der Waals surface area contributed by atoms with E-state index in [2.05, 4.69) is 15.4 Å². The molecule has 0 unspecified atom stereocenters. The second-order valence-electron chi connectivity index (χ2n) is 5.77. The van der Waals surface area contributed by atoms with Gasteiger partial charge in [-0.2, -0.15) is 0 Å². The van der Waals surface area contributed by atoms with Gasteiger partial charge in [-0.25, -0.2) is 9.59 Å². The molecule has 27 heavy (non-hydrogen) atoms. The van der Waals surface area contributed by atoms with Gasteiger partial charge in [-0.3, -0.25) is 4.79 Å². The van der Waals surface area contributed by atoms with Crippen LogP contribution in [-0.2, 0) is 30.5 Å². The highest BCUT2D eigenvalue weighted by Crippen LogP contribution is 2.03. The van der Waals surface area contributed by atoms with Crippen LogP contribution in [-0.4, -0.2) is 54.7 Å². The average molecular weight is 380 g/mol. The number of amides is 2. The van der Waals surface area contributed by atoms with Crippen LogP contribution in [0.5, 0.6) is 0 Å². The van der Waals surface area contributed by atoms with E-state index in [1.54, 1.807) is 24.3 Å². The molecule has 2 amide bonds. The summed E-state index contributed by atoms with van der Waals surface area (Å²) in [6, 6.07) is 6.53. The standard InChI is InChI=1S/C18H24N2O7/c1-12(22)8-9-14(17(24)26-2)19-16(23)15(10-21)20-18(25)27-11-13-6-4-3-5-7-13/h3-7,14-15,21H,8-11H2,1-2H3,(H,19,23)(H,20,25)/t14-,15+/m1/s1. The van der Waals surface area contributed by atoms with E-state index < -0.39 is 36.7 Å². The van der Waals surface area contributed by atoms with Crippen LogP contribution in [0, 0.1) is 0 Å². The fourth-order valence-electron chi connectivity index (χ4n) is 2.11. The monoisotopic (exact) mass is 380 g/mol. The van der Waals surface area contributed by atoms with Gasteiger partial charge in [0.1, 0.15) is 24.5 Å². The minimum absolute atomic E-state index is 0.00413. The SMILES string of the molecule is COC(=O)[C@@H](CCC(C)=O)NC(=O)[C@H](CO)NC(=O)OCc1ccccc1. The highest BCUT2D eigenvalue weighted by molar-refractivity contribution is 5.90. The molecule has 0 fully saturated rings. The van der Waals surface area contributed by atoms with E-state index in [4.69, 9.17) is 4.74 Å². The summed E-state index contributed by atoms with van der Waals surface area (Å²) in [5, 5.41) is 13.9. The third-order valence-corrected chi connectivity index (χ3v) is 3.59. The van der Waals surface area contributed by atoms with Crippen LogP contribution in [0.15, 0.2) is 30.3 Å². The summed E-state index contributed by atoms with van der Waals surface area (Å²) in [7, 11) is 1.15. The molecule has 9 heteroatoms. The molecule has 0 saturated heterocycles. The Kier molecular flexibility index (Phi) is 9.52. The number of esters is 1. The number of nitrogens with one attached hydrogen (secondary N) is 2. The van der Waals surface area contributed by atoms with Crippen LogP contribution in [0.1, 0.15) is 25.3 Å². The predicted molar refractivity (Wildman–Crippen MR) is 94.5 cm³/mol. The predicted octanol–water partition coefficient (Wildman–Crippen LogP) is 0.301. The molecule has 1 aromatic rings. The van der Waals surface area contributed by atoms with Crippen LogP contribution in [0.3, 0.4) is 0 Å². The van der Waals surface area contributed by atoms with Crippen molar-refractivity contribution in [3.63, 3.8) is 0 Å². The maximum atomic E-state index is 12.2. The molecule has 0 saturated carbocycles. The quantitative estimate of drug-likeness (QED) is 0.498. The number of aliphatic hydroxyl groups excluding tert-OH is 1. The molecule has 148 valence electrons. The number of methoxy groups -OCH3 is 1. The topological polar surface area (TPSA) is 131 Å². The second kappa shape index (κ2) is 11.6. The Labute approximate surface area is 157 Å². The minimum atomic E-state index is -1.32. The number of benzene rings is 1. The first kappa shape index (κ1) is 22.1. The molecule has 0 heterocycles. The summed E-state index contributed by atoms with van der Waals surface area (Å²) in [6.45, 7) is 0.652. The van der Waals surface area contributed by atoms with Crippen LogP contribution >= 0.6 is 0 Å². The van der Waals surface area contributed by atoms with Gasteiger partial charge in [0, 0.05) is 6.42 Å². The molecule has 0 aliphatic heterocycles. The molecule has 3 N–H and O–H groups in total. The average Bonchev–Trinajstić information content (AvgIpc) is 2.67. The number of ketones is 1. The first-order valence-corrected chi connectivity index (χ1v) is 8.33. The zero-order valence-corrected chi connectivity index (χ0v) is 15.3. The largest absolute Gasteiger partial charge is 0.467 e. The minimum Gasteiger partial charge on any atom is -0.467 e. The molecular weight excluding hydrogens is 356 g/mol. The number of carbonyl (C=O) groups excluding carboxylic acids is 4. The Balaban J connectivity index is 2.58. The fourth-order valence-corrected chi connectivity index (χ4v) is 2.11. The number of ether oxygens (including phenoxy) is 2. The molecule has 1 aromatic carbocycles. The number of carbonyl (C=O) groups is 4. The van der Waals surface area contributed by atoms with Gasteiger partial charge in [0.2, 0.25) is 5.91 Å². The van der Waals surface area contributed by atoms with Crippen LogP contribution in [0.4, 0.5) is 4.79 Å². The van der Waals surface area contributed by atoms with Crippen molar-refractivity contribution < 1.29 is 33.8 Å². The van der Waals surface area contributed by atoms with Crippen molar-refractivity contribution in [1.29, 1.82) is 0 Å². The number of Topliss-reactive ketones (excluding diaryl/α,β-unsaturated/α-hetero) is 1. The molecule has 9 nitrogen and oxygen atoms in total. The van der Waals surface area contributed by atoms with E-state index in [0.29, 0.717) is 0 Å². The van der Waals surface area contributed by atoms with Crippen molar-refractivity contribution >= 4 is 23.8 Å². The van der Waals surface area contributed by atoms with Crippen molar-refractivity contribution in [2.24, 2.45) is 0 Å². The maximum absolute atomic E-state index is 12.2. The third-order valence-electron chi connectivity index (χ3n) is 3.59. The Morgan fingerprint density at radius 3 is 2.30 bits per heavy atom. The van der Waals surface area contributed by atoms with Crippen molar-refractivity contribution in [3.05, 3.63) is 35.9 Å². The first-order valence-electron chi connectivity index (χ1n) is 8.33. The Morgan fingerprint density at radius 2 is 1.74 bits per heavy atom. The van der Waals surface area contributed by atoms with Gasteiger partial charge in [0.05, 0.1) is 13.7 Å². The number of hydrogen-bond donors (Lipinski definition) is 3. The highest BCUT2D eigenvalue weighted by atomic mass is 16.5. The zero-order valence-electron chi connectivity index (χ0n) is 15.3. The lowest BCUT2D eigenvalue weighted by atomic mass is 10.1. The van der Waals surface area contributed by atoms with E-state index in [9.17, 15) is 24.3 Å². The van der Waals surface area contributed by atoms with Gasteiger partial charge in [-0.1, -0.05) is 30.3 Å². The van der Waals surface area contributed by atoms with E-state index >= 15 is 0 Å². The summed E-state index contributed by atoms with van der Waals surface area (Å²) in [5.41, 5.74) is 0.757. The second-order valence-corrected chi connectivity index (χ2v) is 5.77. The number of aliphatic hydroxyl groups is 1. The Morgan fingerprint density at radius 1 is 1.07 bits per heavy atom. The van der Waals surface area contributed by atoms with E-state index in [-0.39, 0.29) is 25.2 Å². The smallest absolute Gasteiger partial charge is 0.408 e. The summed E-state index contributed by atoms with van der Waals surface area (Å²) < 4.78 is 9.57. The van der Waals surface area contributed by atoms with Gasteiger partial charge in [-0.05, 0) is 18.9 Å². The van der Waals surface area contributed by atoms with Crippen molar-refractivity contribution in [2.45, 2.75) is 38.5 Å². The Hall–Kier alpha value is -2.94. The zero-order chi connectivity index (χ0) is 20.2. The molecule has 0 aliphatic carbocycles. The molecule has 2 atom stereocenters. The molecule has 0 radical (unpaired) electrons. The first-order chi connectivity index (χ1) is 12.9. The van der Waals surface area contributed by atoms with Gasteiger partial charge in [0.25, 0.3) is 0 Å². The molecule has 1 rings (SSSR count). The molecule has 0 bridgehead atoms. The number of hydrogen-bond acceptors (Lipinski definition) is 7. The van der Waals surface area contributed by atoms with Gasteiger partial charge < -0.3 is 30.0 Å². The fraction of sp³-hybridized carbons (Fsp3) is 0.444. The summed E-state index contributed by atoms with van der Waals surface area (Å²) >= 11 is 0. The molecule has 0 aliphatic rings. The van der Waals surface area contributed by atoms with Crippen LogP contribution in [0.25, 0.3) is 0 Å². The highest BCUT2D eigenvalue weighted by Gasteiger charge is 2.27. The lowest BCUT2D eigenvalue weighted by Gasteiger charge is -2.20.